The molecule has 0 atom stereocenters. The first-order valence-corrected chi connectivity index (χ1v) is 7.94. The molecule has 0 aromatic carbocycles. The molecule has 2 N–H and O–H groups in total. The minimum Gasteiger partial charge on any atom is -0.293 e. The monoisotopic (exact) mass is 304 g/mol. The average molecular weight is 305 g/mol. The van der Waals surface area contributed by atoms with Crippen molar-refractivity contribution in [2.75, 3.05) is 0 Å². The molecule has 1 aliphatic rings. The largest absolute Gasteiger partial charge is 0.293 e. The standard InChI is InChI=1S/C9H9ClN4O2S2/c10-7-4-3-6(17-7)8-12-13-9(18(11,15)16)14(8)5-1-2-5/h3-5H,1-2H2,(H2,11,15,16). The van der Waals surface area contributed by atoms with E-state index in [1.165, 1.54) is 11.3 Å². The number of primary sulfonamides is 1. The molecule has 96 valence electrons. The van der Waals surface area contributed by atoms with Crippen LogP contribution in [0.25, 0.3) is 10.7 Å². The van der Waals surface area contributed by atoms with Crippen LogP contribution in [0.15, 0.2) is 17.3 Å². The number of aromatic nitrogens is 3. The average Bonchev–Trinajstić information content (AvgIpc) is 2.85. The molecule has 9 heteroatoms. The van der Waals surface area contributed by atoms with E-state index >= 15 is 0 Å². The van der Waals surface area contributed by atoms with Crippen LogP contribution in [0.4, 0.5) is 0 Å². The molecule has 0 saturated heterocycles. The molecule has 3 rings (SSSR count). The van der Waals surface area contributed by atoms with Crippen LogP contribution in [0, 0.1) is 0 Å². The van der Waals surface area contributed by atoms with Gasteiger partial charge in [-0.2, -0.15) is 0 Å². The number of halogens is 1. The lowest BCUT2D eigenvalue weighted by molar-refractivity contribution is 0.567. The lowest BCUT2D eigenvalue weighted by Gasteiger charge is -2.05. The second kappa shape index (κ2) is 4.02. The summed E-state index contributed by atoms with van der Waals surface area (Å²) >= 11 is 7.20. The summed E-state index contributed by atoms with van der Waals surface area (Å²) in [6.07, 6.45) is 1.82. The number of hydrogen-bond donors (Lipinski definition) is 1. The zero-order chi connectivity index (χ0) is 12.9. The Labute approximate surface area is 112 Å². The quantitative estimate of drug-likeness (QED) is 0.933. The number of hydrogen-bond acceptors (Lipinski definition) is 5. The maximum absolute atomic E-state index is 11.5. The Morgan fingerprint density at radius 2 is 2.11 bits per heavy atom. The van der Waals surface area contributed by atoms with Gasteiger partial charge in [-0.05, 0) is 25.0 Å². The van der Waals surface area contributed by atoms with Crippen molar-refractivity contribution in [1.29, 1.82) is 0 Å². The number of sulfonamides is 1. The highest BCUT2D eigenvalue weighted by atomic mass is 35.5. The van der Waals surface area contributed by atoms with Gasteiger partial charge in [0.15, 0.2) is 5.82 Å². The van der Waals surface area contributed by atoms with Gasteiger partial charge in [0, 0.05) is 6.04 Å². The van der Waals surface area contributed by atoms with E-state index in [9.17, 15) is 8.42 Å². The molecule has 18 heavy (non-hydrogen) atoms. The normalized spacial score (nSPS) is 16.1. The van der Waals surface area contributed by atoms with Crippen LogP contribution >= 0.6 is 22.9 Å². The first-order valence-electron chi connectivity index (χ1n) is 5.20. The van der Waals surface area contributed by atoms with Crippen LogP contribution < -0.4 is 5.14 Å². The van der Waals surface area contributed by atoms with E-state index in [1.54, 1.807) is 16.7 Å². The smallest absolute Gasteiger partial charge is 0.273 e. The Morgan fingerprint density at radius 1 is 1.39 bits per heavy atom. The molecule has 0 amide bonds. The van der Waals surface area contributed by atoms with E-state index < -0.39 is 10.0 Å². The van der Waals surface area contributed by atoms with Crippen molar-refractivity contribution in [1.82, 2.24) is 14.8 Å². The van der Waals surface area contributed by atoms with Crippen molar-refractivity contribution >= 4 is 33.0 Å². The van der Waals surface area contributed by atoms with Crippen LogP contribution in [0.1, 0.15) is 18.9 Å². The minimum absolute atomic E-state index is 0.115. The fraction of sp³-hybridized carbons (Fsp3) is 0.333. The van der Waals surface area contributed by atoms with Gasteiger partial charge in [0.25, 0.3) is 15.2 Å². The van der Waals surface area contributed by atoms with Gasteiger partial charge in [-0.15, -0.1) is 21.5 Å². The summed E-state index contributed by atoms with van der Waals surface area (Å²) in [6.45, 7) is 0. The van der Waals surface area contributed by atoms with E-state index in [0.29, 0.717) is 10.2 Å². The third-order valence-corrected chi connectivity index (χ3v) is 4.64. The second-order valence-electron chi connectivity index (χ2n) is 4.06. The summed E-state index contributed by atoms with van der Waals surface area (Å²) in [4.78, 5) is 0.786. The molecule has 0 radical (unpaired) electrons. The Morgan fingerprint density at radius 3 is 2.61 bits per heavy atom. The Bertz CT molecular complexity index is 702. The fourth-order valence-corrected chi connectivity index (χ4v) is 3.42. The topological polar surface area (TPSA) is 90.9 Å². The van der Waals surface area contributed by atoms with E-state index in [0.717, 1.165) is 17.7 Å². The predicted octanol–water partition coefficient (Wildman–Crippen LogP) is 1.64. The Kier molecular flexibility index (Phi) is 2.70. The van der Waals surface area contributed by atoms with Crippen molar-refractivity contribution in [2.45, 2.75) is 24.0 Å². The summed E-state index contributed by atoms with van der Waals surface area (Å²) in [5.74, 6) is 0.512. The molecule has 0 bridgehead atoms. The van der Waals surface area contributed by atoms with Crippen LogP contribution in [-0.2, 0) is 10.0 Å². The predicted molar refractivity (Wildman–Crippen MR) is 68.0 cm³/mol. The molecule has 0 spiro atoms. The van der Waals surface area contributed by atoms with Crippen molar-refractivity contribution < 1.29 is 8.42 Å². The molecule has 6 nitrogen and oxygen atoms in total. The van der Waals surface area contributed by atoms with E-state index in [4.69, 9.17) is 16.7 Å². The number of rotatable bonds is 3. The van der Waals surface area contributed by atoms with Crippen LogP contribution in [0.5, 0.6) is 0 Å². The van der Waals surface area contributed by atoms with Gasteiger partial charge in [0.05, 0.1) is 9.21 Å². The second-order valence-corrected chi connectivity index (χ2v) is 7.23. The summed E-state index contributed by atoms with van der Waals surface area (Å²) in [5, 5.41) is 12.6. The SMILES string of the molecule is NS(=O)(=O)c1nnc(-c2ccc(Cl)s2)n1C1CC1. The van der Waals surface area contributed by atoms with Gasteiger partial charge in [-0.1, -0.05) is 11.6 Å². The fourth-order valence-electron chi connectivity index (χ4n) is 1.74. The molecule has 1 aliphatic carbocycles. The van der Waals surface area contributed by atoms with Gasteiger partial charge in [-0.3, -0.25) is 4.57 Å². The Hall–Kier alpha value is -0.960. The maximum Gasteiger partial charge on any atom is 0.273 e. The molecule has 2 aromatic heterocycles. The molecule has 0 unspecified atom stereocenters. The summed E-state index contributed by atoms with van der Waals surface area (Å²) < 4.78 is 25.1. The van der Waals surface area contributed by atoms with E-state index in [1.807, 2.05) is 0 Å². The van der Waals surface area contributed by atoms with Crippen LogP contribution in [0.2, 0.25) is 4.34 Å². The lowest BCUT2D eigenvalue weighted by Crippen LogP contribution is -2.18. The third kappa shape index (κ3) is 2.05. The van der Waals surface area contributed by atoms with Crippen molar-refractivity contribution in [3.63, 3.8) is 0 Å². The van der Waals surface area contributed by atoms with Gasteiger partial charge in [-0.25, -0.2) is 13.6 Å². The zero-order valence-electron chi connectivity index (χ0n) is 9.08. The van der Waals surface area contributed by atoms with Gasteiger partial charge < -0.3 is 0 Å². The third-order valence-electron chi connectivity index (χ3n) is 2.62. The molecule has 2 heterocycles. The maximum atomic E-state index is 11.5. The van der Waals surface area contributed by atoms with Crippen LogP contribution in [-0.4, -0.2) is 23.2 Å². The molecule has 2 aromatic rings. The lowest BCUT2D eigenvalue weighted by atomic mass is 10.4. The first kappa shape index (κ1) is 12.1. The number of nitrogens with two attached hydrogens (primary N) is 1. The van der Waals surface area contributed by atoms with E-state index in [2.05, 4.69) is 10.2 Å². The van der Waals surface area contributed by atoms with Crippen molar-refractivity contribution in [3.8, 4) is 10.7 Å². The molecule has 1 fully saturated rings. The highest BCUT2D eigenvalue weighted by Crippen LogP contribution is 2.41. The molecular formula is C9H9ClN4O2S2. The molecular weight excluding hydrogens is 296 g/mol. The minimum atomic E-state index is -3.86. The number of nitrogens with zero attached hydrogens (tertiary/aromatic N) is 3. The number of thiophene rings is 1. The highest BCUT2D eigenvalue weighted by molar-refractivity contribution is 7.89. The molecule has 1 saturated carbocycles. The zero-order valence-corrected chi connectivity index (χ0v) is 11.5. The van der Waals surface area contributed by atoms with Crippen molar-refractivity contribution in [2.24, 2.45) is 5.14 Å². The van der Waals surface area contributed by atoms with Crippen molar-refractivity contribution in [3.05, 3.63) is 16.5 Å². The summed E-state index contributed by atoms with van der Waals surface area (Å²) in [6, 6.07) is 3.65. The van der Waals surface area contributed by atoms with Gasteiger partial charge in [0.1, 0.15) is 0 Å². The molecule has 0 aliphatic heterocycles. The van der Waals surface area contributed by atoms with Crippen LogP contribution in [0.3, 0.4) is 0 Å². The highest BCUT2D eigenvalue weighted by Gasteiger charge is 2.33. The summed E-state index contributed by atoms with van der Waals surface area (Å²) in [5.41, 5.74) is 0. The first-order chi connectivity index (χ1) is 8.47. The Balaban J connectivity index is 2.19. The van der Waals surface area contributed by atoms with E-state index in [-0.39, 0.29) is 11.2 Å². The van der Waals surface area contributed by atoms with Gasteiger partial charge in [0.2, 0.25) is 0 Å². The van der Waals surface area contributed by atoms with Gasteiger partial charge >= 0.3 is 0 Å². The summed E-state index contributed by atoms with van der Waals surface area (Å²) in [7, 11) is -3.86.